The molecule has 4 rings (SSSR count). The smallest absolute Gasteiger partial charge is 0.325 e. The van der Waals surface area contributed by atoms with E-state index < -0.39 is 17.7 Å². The molecule has 3 aromatic rings. The lowest BCUT2D eigenvalue weighted by molar-refractivity contribution is -0.140. The third-order valence-corrected chi connectivity index (χ3v) is 6.64. The molecular formula is C28H23Cl2FN2O5S. The van der Waals surface area contributed by atoms with Crippen molar-refractivity contribution >= 4 is 64.2 Å². The summed E-state index contributed by atoms with van der Waals surface area (Å²) in [6, 6.07) is 16.0. The van der Waals surface area contributed by atoms with Gasteiger partial charge >= 0.3 is 5.97 Å². The topological polar surface area (TPSA) is 68.3 Å². The van der Waals surface area contributed by atoms with Crippen LogP contribution >= 0.6 is 35.4 Å². The Morgan fingerprint density at radius 1 is 1.08 bits per heavy atom. The molecular weight excluding hydrogens is 566 g/mol. The highest BCUT2D eigenvalue weighted by Crippen LogP contribution is 2.39. The summed E-state index contributed by atoms with van der Waals surface area (Å²) in [5.41, 5.74) is 1.45. The maximum Gasteiger partial charge on any atom is 0.325 e. The summed E-state index contributed by atoms with van der Waals surface area (Å²) in [4.78, 5) is 28.4. The van der Waals surface area contributed by atoms with Gasteiger partial charge in [0.2, 0.25) is 0 Å². The molecule has 0 atom stereocenters. The van der Waals surface area contributed by atoms with Gasteiger partial charge in [0.15, 0.2) is 16.6 Å². The Balaban J connectivity index is 1.71. The molecule has 1 aliphatic rings. The van der Waals surface area contributed by atoms with Crippen LogP contribution in [0.15, 0.2) is 66.4 Å². The summed E-state index contributed by atoms with van der Waals surface area (Å²) in [6.45, 7) is 1.74. The number of ether oxygens (including phenoxy) is 3. The predicted molar refractivity (Wildman–Crippen MR) is 152 cm³/mol. The molecule has 0 bridgehead atoms. The number of anilines is 1. The number of thiocarbonyl (C=S) groups is 1. The average molecular weight is 589 g/mol. The lowest BCUT2D eigenvalue weighted by Crippen LogP contribution is -2.35. The molecule has 0 spiro atoms. The third-order valence-electron chi connectivity index (χ3n) is 5.70. The van der Waals surface area contributed by atoms with Crippen molar-refractivity contribution < 1.29 is 28.2 Å². The van der Waals surface area contributed by atoms with E-state index in [4.69, 9.17) is 49.6 Å². The molecule has 0 N–H and O–H groups in total. The van der Waals surface area contributed by atoms with E-state index in [1.165, 1.54) is 23.0 Å². The van der Waals surface area contributed by atoms with E-state index in [1.54, 1.807) is 67.6 Å². The number of amides is 1. The Morgan fingerprint density at radius 2 is 1.79 bits per heavy atom. The first-order chi connectivity index (χ1) is 18.7. The normalized spacial score (nSPS) is 14.2. The average Bonchev–Trinajstić information content (AvgIpc) is 3.13. The zero-order valence-electron chi connectivity index (χ0n) is 20.9. The number of nitrogens with zero attached hydrogens (tertiary/aromatic N) is 2. The van der Waals surface area contributed by atoms with Gasteiger partial charge in [-0.2, -0.15) is 0 Å². The monoisotopic (exact) mass is 588 g/mol. The molecule has 0 unspecified atom stereocenters. The number of carbonyl (C=O) groups excluding carboxylic acids is 2. The van der Waals surface area contributed by atoms with Crippen molar-refractivity contribution in [1.29, 1.82) is 0 Å². The van der Waals surface area contributed by atoms with Crippen molar-refractivity contribution in [3.8, 4) is 11.5 Å². The number of hydrogen-bond acceptors (Lipinski definition) is 6. The zero-order chi connectivity index (χ0) is 28.1. The quantitative estimate of drug-likeness (QED) is 0.166. The van der Waals surface area contributed by atoms with Crippen molar-refractivity contribution in [3.05, 3.63) is 93.4 Å². The number of methoxy groups -OCH3 is 1. The molecule has 0 aromatic heterocycles. The fraction of sp³-hybridized carbons (Fsp3) is 0.179. The molecule has 7 nitrogen and oxygen atoms in total. The summed E-state index contributed by atoms with van der Waals surface area (Å²) in [6.07, 6.45) is 1.54. The van der Waals surface area contributed by atoms with E-state index >= 15 is 0 Å². The zero-order valence-corrected chi connectivity index (χ0v) is 23.3. The molecule has 3 aromatic carbocycles. The van der Waals surface area contributed by atoms with Gasteiger partial charge < -0.3 is 19.1 Å². The maximum absolute atomic E-state index is 14.1. The standard InChI is InChI=1S/C28H23Cl2FN2O5S/c1-3-37-24-14-17(12-21(30)26(24)38-16-18-6-4-5-7-22(18)31)13-23-27(35)33(20-10-8-19(29)9-11-20)28(39)32(23)15-25(34)36-2/h4-14H,3,15-16H2,1-2H3/b23-13-. The first kappa shape index (κ1) is 28.4. The van der Waals surface area contributed by atoms with E-state index in [-0.39, 0.29) is 34.7 Å². The molecule has 39 heavy (non-hydrogen) atoms. The third kappa shape index (κ3) is 6.33. The van der Waals surface area contributed by atoms with Gasteiger partial charge in [-0.3, -0.25) is 14.5 Å². The Kier molecular flexibility index (Phi) is 9.06. The van der Waals surface area contributed by atoms with Crippen LogP contribution in [0.2, 0.25) is 10.0 Å². The fourth-order valence-corrected chi connectivity index (χ4v) is 4.59. The van der Waals surface area contributed by atoms with Crippen LogP contribution in [0.5, 0.6) is 11.5 Å². The van der Waals surface area contributed by atoms with Crippen molar-refractivity contribution in [1.82, 2.24) is 4.90 Å². The van der Waals surface area contributed by atoms with Crippen molar-refractivity contribution in [2.45, 2.75) is 13.5 Å². The highest BCUT2D eigenvalue weighted by atomic mass is 35.5. The van der Waals surface area contributed by atoms with Crippen molar-refractivity contribution in [2.24, 2.45) is 0 Å². The Morgan fingerprint density at radius 3 is 2.46 bits per heavy atom. The number of carbonyl (C=O) groups is 2. The second-order valence-electron chi connectivity index (χ2n) is 8.23. The van der Waals surface area contributed by atoms with Crippen LogP contribution in [-0.2, 0) is 20.9 Å². The second kappa shape index (κ2) is 12.5. The molecule has 1 amide bonds. The van der Waals surface area contributed by atoms with Gasteiger partial charge in [-0.15, -0.1) is 0 Å². The highest BCUT2D eigenvalue weighted by molar-refractivity contribution is 7.80. The van der Waals surface area contributed by atoms with Gasteiger partial charge in [-0.05, 0) is 73.2 Å². The van der Waals surface area contributed by atoms with Gasteiger partial charge in [-0.25, -0.2) is 4.39 Å². The van der Waals surface area contributed by atoms with Gasteiger partial charge in [0, 0.05) is 10.6 Å². The van der Waals surface area contributed by atoms with Gasteiger partial charge in [0.05, 0.1) is 24.4 Å². The number of esters is 1. The number of hydrogen-bond donors (Lipinski definition) is 0. The van der Waals surface area contributed by atoms with Gasteiger partial charge in [0.1, 0.15) is 24.7 Å². The van der Waals surface area contributed by atoms with E-state index in [9.17, 15) is 14.0 Å². The number of rotatable bonds is 9. The summed E-state index contributed by atoms with van der Waals surface area (Å²) < 4.78 is 30.5. The van der Waals surface area contributed by atoms with E-state index in [2.05, 4.69) is 0 Å². The molecule has 1 aliphatic heterocycles. The number of benzene rings is 3. The highest BCUT2D eigenvalue weighted by Gasteiger charge is 2.40. The lowest BCUT2D eigenvalue weighted by atomic mass is 10.1. The Labute approximate surface area is 240 Å². The van der Waals surface area contributed by atoms with Gasteiger partial charge in [0.25, 0.3) is 5.91 Å². The molecule has 0 radical (unpaired) electrons. The molecule has 1 heterocycles. The van der Waals surface area contributed by atoms with Crippen LogP contribution in [0.1, 0.15) is 18.1 Å². The summed E-state index contributed by atoms with van der Waals surface area (Å²) in [7, 11) is 1.25. The summed E-state index contributed by atoms with van der Waals surface area (Å²) in [5.74, 6) is -0.916. The summed E-state index contributed by atoms with van der Waals surface area (Å²) in [5, 5.41) is 0.778. The Bertz CT molecular complexity index is 1450. The van der Waals surface area contributed by atoms with Crippen LogP contribution in [0, 0.1) is 5.82 Å². The van der Waals surface area contributed by atoms with Gasteiger partial charge in [-0.1, -0.05) is 41.4 Å². The van der Waals surface area contributed by atoms with Crippen LogP contribution in [0.4, 0.5) is 10.1 Å². The lowest BCUT2D eigenvalue weighted by Gasteiger charge is -2.19. The Hall–Kier alpha value is -3.66. The fourth-order valence-electron chi connectivity index (χ4n) is 3.84. The van der Waals surface area contributed by atoms with Crippen LogP contribution in [-0.4, -0.2) is 42.2 Å². The summed E-state index contributed by atoms with van der Waals surface area (Å²) >= 11 is 18.1. The molecule has 0 saturated carbocycles. The van der Waals surface area contributed by atoms with Crippen molar-refractivity contribution in [2.75, 3.05) is 25.2 Å². The van der Waals surface area contributed by atoms with Crippen LogP contribution in [0.3, 0.4) is 0 Å². The second-order valence-corrected chi connectivity index (χ2v) is 9.44. The minimum atomic E-state index is -0.584. The van der Waals surface area contributed by atoms with Crippen LogP contribution < -0.4 is 14.4 Å². The molecule has 0 aliphatic carbocycles. The van der Waals surface area contributed by atoms with E-state index in [0.29, 0.717) is 34.2 Å². The minimum Gasteiger partial charge on any atom is -0.490 e. The van der Waals surface area contributed by atoms with Crippen LogP contribution in [0.25, 0.3) is 6.08 Å². The number of halogens is 3. The minimum absolute atomic E-state index is 0.0668. The molecule has 11 heteroatoms. The first-order valence-corrected chi connectivity index (χ1v) is 12.9. The SMILES string of the molecule is CCOc1cc(/C=C2/C(=O)N(c3ccc(Cl)cc3)C(=S)N2CC(=O)OC)cc(Cl)c1OCc1ccccc1F. The molecule has 1 fully saturated rings. The predicted octanol–water partition coefficient (Wildman–Crippen LogP) is 6.26. The van der Waals surface area contributed by atoms with E-state index in [1.807, 2.05) is 0 Å². The van der Waals surface area contributed by atoms with E-state index in [0.717, 1.165) is 0 Å². The van der Waals surface area contributed by atoms with Crippen molar-refractivity contribution in [3.63, 3.8) is 0 Å². The molecule has 1 saturated heterocycles. The maximum atomic E-state index is 14.1. The molecule has 202 valence electrons. The largest absolute Gasteiger partial charge is 0.490 e. The first-order valence-electron chi connectivity index (χ1n) is 11.8.